The smallest absolute Gasteiger partial charge is 0.477 e. The molecule has 1 heterocycles. The number of aromatic nitrogens is 1. The van der Waals surface area contributed by atoms with Crippen molar-refractivity contribution in [2.75, 3.05) is 6.61 Å². The second-order valence-corrected chi connectivity index (χ2v) is 3.97. The van der Waals surface area contributed by atoms with Crippen LogP contribution in [0.2, 0.25) is 5.15 Å². The maximum absolute atomic E-state index is 8.90. The standard InChI is InChI=1S/C9H13BClNO3/c1-6(2)5-15-8-4-3-7(10(13)14)9(11)12-8/h3-4,6,13-14H,5H2,1-2H3. The predicted molar refractivity (Wildman–Crippen MR) is 59.4 cm³/mol. The molecule has 1 aromatic rings. The average Bonchev–Trinajstić information content (AvgIpc) is 2.14. The van der Waals surface area contributed by atoms with Crippen LogP contribution in [0.3, 0.4) is 0 Å². The van der Waals surface area contributed by atoms with E-state index in [1.807, 2.05) is 13.8 Å². The molecule has 1 rings (SSSR count). The van der Waals surface area contributed by atoms with Gasteiger partial charge < -0.3 is 14.8 Å². The van der Waals surface area contributed by atoms with Crippen LogP contribution in [0.4, 0.5) is 0 Å². The van der Waals surface area contributed by atoms with Gasteiger partial charge in [0.25, 0.3) is 0 Å². The Morgan fingerprint density at radius 2 is 2.13 bits per heavy atom. The number of rotatable bonds is 4. The molecule has 4 nitrogen and oxygen atoms in total. The highest BCUT2D eigenvalue weighted by Gasteiger charge is 2.16. The largest absolute Gasteiger partial charge is 0.491 e. The zero-order valence-corrected chi connectivity index (χ0v) is 9.40. The maximum atomic E-state index is 8.90. The second-order valence-electron chi connectivity index (χ2n) is 3.61. The first-order chi connectivity index (χ1) is 7.00. The molecule has 0 aliphatic heterocycles. The average molecular weight is 229 g/mol. The van der Waals surface area contributed by atoms with E-state index in [0.717, 1.165) is 0 Å². The van der Waals surface area contributed by atoms with E-state index in [-0.39, 0.29) is 10.6 Å². The Morgan fingerprint density at radius 1 is 1.47 bits per heavy atom. The highest BCUT2D eigenvalue weighted by molar-refractivity contribution is 6.62. The van der Waals surface area contributed by atoms with Gasteiger partial charge in [-0.3, -0.25) is 0 Å². The van der Waals surface area contributed by atoms with Gasteiger partial charge in [0, 0.05) is 11.5 Å². The third kappa shape index (κ3) is 3.70. The molecule has 82 valence electrons. The lowest BCUT2D eigenvalue weighted by molar-refractivity contribution is 0.261. The van der Waals surface area contributed by atoms with Crippen molar-refractivity contribution >= 4 is 24.2 Å². The van der Waals surface area contributed by atoms with Crippen molar-refractivity contribution in [1.82, 2.24) is 4.98 Å². The molecule has 0 aromatic carbocycles. The molecule has 0 bridgehead atoms. The number of ether oxygens (including phenoxy) is 1. The third-order valence-electron chi connectivity index (χ3n) is 1.69. The van der Waals surface area contributed by atoms with Gasteiger partial charge in [0.15, 0.2) is 0 Å². The first kappa shape index (κ1) is 12.3. The SMILES string of the molecule is CC(C)COc1ccc(B(O)O)c(Cl)n1. The van der Waals surface area contributed by atoms with E-state index in [4.69, 9.17) is 26.4 Å². The number of nitrogens with zero attached hydrogens (tertiary/aromatic N) is 1. The molecule has 6 heteroatoms. The molecule has 0 aliphatic rings. The Hall–Kier alpha value is -0.775. The van der Waals surface area contributed by atoms with Crippen LogP contribution in [0.1, 0.15) is 13.8 Å². The summed E-state index contributed by atoms with van der Waals surface area (Å²) < 4.78 is 5.32. The summed E-state index contributed by atoms with van der Waals surface area (Å²) >= 11 is 5.73. The van der Waals surface area contributed by atoms with Gasteiger partial charge in [-0.15, -0.1) is 0 Å². The Bertz CT molecular complexity index is 333. The van der Waals surface area contributed by atoms with E-state index < -0.39 is 7.12 Å². The highest BCUT2D eigenvalue weighted by Crippen LogP contribution is 2.11. The minimum absolute atomic E-state index is 0.0475. The molecule has 0 saturated heterocycles. The minimum Gasteiger partial charge on any atom is -0.477 e. The van der Waals surface area contributed by atoms with Gasteiger partial charge in [-0.1, -0.05) is 31.5 Å². The van der Waals surface area contributed by atoms with Crippen LogP contribution >= 0.6 is 11.6 Å². The molecule has 0 saturated carbocycles. The summed E-state index contributed by atoms with van der Waals surface area (Å²) in [4.78, 5) is 3.89. The van der Waals surface area contributed by atoms with Crippen LogP contribution in [-0.4, -0.2) is 28.8 Å². The fraction of sp³-hybridized carbons (Fsp3) is 0.444. The van der Waals surface area contributed by atoms with Crippen molar-refractivity contribution in [2.24, 2.45) is 5.92 Å². The molecule has 0 fully saturated rings. The molecule has 1 aromatic heterocycles. The van der Waals surface area contributed by atoms with Crippen LogP contribution in [0.5, 0.6) is 5.88 Å². The first-order valence-electron chi connectivity index (χ1n) is 4.66. The summed E-state index contributed by atoms with van der Waals surface area (Å²) in [5, 5.41) is 17.9. The Kier molecular flexibility index (Phi) is 4.38. The lowest BCUT2D eigenvalue weighted by Gasteiger charge is -2.09. The zero-order valence-electron chi connectivity index (χ0n) is 8.64. The van der Waals surface area contributed by atoms with Crippen molar-refractivity contribution in [3.05, 3.63) is 17.3 Å². The first-order valence-corrected chi connectivity index (χ1v) is 5.04. The molecule has 0 unspecified atom stereocenters. The van der Waals surface area contributed by atoms with E-state index in [0.29, 0.717) is 18.4 Å². The van der Waals surface area contributed by atoms with Gasteiger partial charge in [-0.05, 0) is 5.92 Å². The summed E-state index contributed by atoms with van der Waals surface area (Å²) in [6.07, 6.45) is 0. The number of hydrogen-bond donors (Lipinski definition) is 2. The van der Waals surface area contributed by atoms with Crippen LogP contribution in [0.25, 0.3) is 0 Å². The zero-order chi connectivity index (χ0) is 11.4. The van der Waals surface area contributed by atoms with E-state index in [1.54, 1.807) is 6.07 Å². The number of pyridine rings is 1. The van der Waals surface area contributed by atoms with Crippen LogP contribution < -0.4 is 10.2 Å². The van der Waals surface area contributed by atoms with Gasteiger partial charge in [0.2, 0.25) is 5.88 Å². The van der Waals surface area contributed by atoms with Crippen molar-refractivity contribution in [3.63, 3.8) is 0 Å². The fourth-order valence-electron chi connectivity index (χ4n) is 0.953. The highest BCUT2D eigenvalue weighted by atomic mass is 35.5. The van der Waals surface area contributed by atoms with Crippen molar-refractivity contribution in [1.29, 1.82) is 0 Å². The Balaban J connectivity index is 2.73. The topological polar surface area (TPSA) is 62.6 Å². The minimum atomic E-state index is -1.61. The lowest BCUT2D eigenvalue weighted by atomic mass is 9.82. The molecule has 0 spiro atoms. The van der Waals surface area contributed by atoms with Gasteiger partial charge >= 0.3 is 7.12 Å². The summed E-state index contributed by atoms with van der Waals surface area (Å²) in [7, 11) is -1.61. The summed E-state index contributed by atoms with van der Waals surface area (Å²) in [6.45, 7) is 4.59. The van der Waals surface area contributed by atoms with Gasteiger partial charge in [-0.2, -0.15) is 0 Å². The predicted octanol–water partition coefficient (Wildman–Crippen LogP) is 0.450. The molecule has 2 N–H and O–H groups in total. The Morgan fingerprint density at radius 3 is 2.60 bits per heavy atom. The van der Waals surface area contributed by atoms with Gasteiger partial charge in [0.05, 0.1) is 6.61 Å². The van der Waals surface area contributed by atoms with Crippen molar-refractivity contribution in [3.8, 4) is 5.88 Å². The maximum Gasteiger partial charge on any atom is 0.491 e. The van der Waals surface area contributed by atoms with Gasteiger partial charge in [-0.25, -0.2) is 4.98 Å². The fourth-order valence-corrected chi connectivity index (χ4v) is 1.20. The quantitative estimate of drug-likeness (QED) is 0.581. The van der Waals surface area contributed by atoms with Crippen molar-refractivity contribution in [2.45, 2.75) is 13.8 Å². The molecule has 0 radical (unpaired) electrons. The molecular formula is C9H13BClNO3. The normalized spacial score (nSPS) is 10.5. The lowest BCUT2D eigenvalue weighted by Crippen LogP contribution is -2.31. The van der Waals surface area contributed by atoms with E-state index in [9.17, 15) is 0 Å². The van der Waals surface area contributed by atoms with E-state index in [2.05, 4.69) is 4.98 Å². The van der Waals surface area contributed by atoms with E-state index >= 15 is 0 Å². The monoisotopic (exact) mass is 229 g/mol. The molecule has 0 aliphatic carbocycles. The molecule has 15 heavy (non-hydrogen) atoms. The van der Waals surface area contributed by atoms with Gasteiger partial charge in [0.1, 0.15) is 5.15 Å². The molecular weight excluding hydrogens is 216 g/mol. The van der Waals surface area contributed by atoms with Crippen LogP contribution in [0, 0.1) is 5.92 Å². The summed E-state index contributed by atoms with van der Waals surface area (Å²) in [5.41, 5.74) is 0.175. The number of hydrogen-bond acceptors (Lipinski definition) is 4. The van der Waals surface area contributed by atoms with E-state index in [1.165, 1.54) is 6.07 Å². The van der Waals surface area contributed by atoms with Crippen LogP contribution in [0.15, 0.2) is 12.1 Å². The van der Waals surface area contributed by atoms with Crippen molar-refractivity contribution < 1.29 is 14.8 Å². The van der Waals surface area contributed by atoms with Crippen LogP contribution in [-0.2, 0) is 0 Å². The molecule has 0 amide bonds. The molecule has 0 atom stereocenters. The summed E-state index contributed by atoms with van der Waals surface area (Å²) in [5.74, 6) is 0.784. The Labute approximate surface area is 94.0 Å². The second kappa shape index (κ2) is 5.35. The number of halogens is 1. The summed E-state index contributed by atoms with van der Waals surface area (Å²) in [6, 6.07) is 3.04. The third-order valence-corrected chi connectivity index (χ3v) is 2.00.